The van der Waals surface area contributed by atoms with Crippen LogP contribution in [-0.2, 0) is 17.7 Å². The van der Waals surface area contributed by atoms with Gasteiger partial charge in [0.15, 0.2) is 6.61 Å². The van der Waals surface area contributed by atoms with Crippen LogP contribution in [0.4, 0.5) is 0 Å². The molecule has 0 amide bonds. The molecule has 0 aliphatic rings. The van der Waals surface area contributed by atoms with Crippen molar-refractivity contribution in [3.63, 3.8) is 0 Å². The molecule has 0 atom stereocenters. The van der Waals surface area contributed by atoms with Crippen LogP contribution in [0.15, 0.2) is 40.9 Å². The van der Waals surface area contributed by atoms with Gasteiger partial charge in [0.25, 0.3) is 0 Å². The lowest BCUT2D eigenvalue weighted by atomic mass is 10.1. The molecule has 0 aliphatic carbocycles. The van der Waals surface area contributed by atoms with Crippen LogP contribution in [0.5, 0.6) is 0 Å². The van der Waals surface area contributed by atoms with Gasteiger partial charge in [0.1, 0.15) is 0 Å². The number of esters is 1. The van der Waals surface area contributed by atoms with Gasteiger partial charge in [-0.25, -0.2) is 4.79 Å². The Bertz CT molecular complexity index is 1000. The highest BCUT2D eigenvalue weighted by molar-refractivity contribution is 6.30. The van der Waals surface area contributed by atoms with E-state index in [9.17, 15) is 9.59 Å². The van der Waals surface area contributed by atoms with Crippen molar-refractivity contribution in [1.29, 1.82) is 0 Å². The summed E-state index contributed by atoms with van der Waals surface area (Å²) in [5, 5.41) is 4.34. The average Bonchev–Trinajstić information content (AvgIpc) is 3.23. The van der Waals surface area contributed by atoms with Crippen LogP contribution in [-0.4, -0.2) is 28.1 Å². The van der Waals surface area contributed by atoms with E-state index in [-0.39, 0.29) is 18.2 Å². The normalized spacial score (nSPS) is 10.9. The molecule has 3 aromatic rings. The predicted molar refractivity (Wildman–Crippen MR) is 105 cm³/mol. The summed E-state index contributed by atoms with van der Waals surface area (Å²) in [5.74, 6) is -0.973. The first-order chi connectivity index (χ1) is 13.3. The first-order valence-corrected chi connectivity index (χ1v) is 9.27. The van der Waals surface area contributed by atoms with Gasteiger partial charge in [-0.15, -0.1) is 0 Å². The summed E-state index contributed by atoms with van der Waals surface area (Å²) in [6.45, 7) is 5.94. The van der Waals surface area contributed by atoms with Crippen molar-refractivity contribution in [3.8, 4) is 0 Å². The molecule has 0 fully saturated rings. The van der Waals surface area contributed by atoms with Crippen molar-refractivity contribution in [2.45, 2.75) is 33.7 Å². The first kappa shape index (κ1) is 19.9. The third kappa shape index (κ3) is 4.51. The fourth-order valence-electron chi connectivity index (χ4n) is 3.06. The Morgan fingerprint density at radius 3 is 2.50 bits per heavy atom. The minimum absolute atomic E-state index is 0.0151. The minimum Gasteiger partial charge on any atom is -0.451 e. The first-order valence-electron chi connectivity index (χ1n) is 8.90. The second kappa shape index (κ2) is 8.44. The molecule has 0 spiro atoms. The van der Waals surface area contributed by atoms with Gasteiger partial charge in [-0.2, -0.15) is 0 Å². The standard InChI is InChI=1S/C21H21ClN2O4/c1-13-10-20(28-23-13)21(26)27-12-19(25)18-11-14(2)24(15(18)3)9-8-16-4-6-17(22)7-5-16/h4-7,10-11H,8-9,12H2,1-3H3. The maximum atomic E-state index is 12.5. The zero-order valence-electron chi connectivity index (χ0n) is 16.0. The molecule has 146 valence electrons. The topological polar surface area (TPSA) is 74.3 Å². The van der Waals surface area contributed by atoms with Crippen LogP contribution in [0.3, 0.4) is 0 Å². The SMILES string of the molecule is Cc1cc(C(=O)OCC(=O)c2cc(C)n(CCc3ccc(Cl)cc3)c2C)on1. The van der Waals surface area contributed by atoms with E-state index in [2.05, 4.69) is 9.72 Å². The van der Waals surface area contributed by atoms with Gasteiger partial charge in [-0.3, -0.25) is 4.79 Å². The fraction of sp³-hybridized carbons (Fsp3) is 0.286. The number of nitrogens with zero attached hydrogens (tertiary/aromatic N) is 2. The van der Waals surface area contributed by atoms with Crippen LogP contribution in [0.2, 0.25) is 5.02 Å². The number of carbonyl (C=O) groups is 2. The second-order valence-corrected chi connectivity index (χ2v) is 7.08. The Morgan fingerprint density at radius 2 is 1.86 bits per heavy atom. The van der Waals surface area contributed by atoms with Crippen molar-refractivity contribution >= 4 is 23.4 Å². The summed E-state index contributed by atoms with van der Waals surface area (Å²) in [7, 11) is 0. The Kier molecular flexibility index (Phi) is 5.99. The monoisotopic (exact) mass is 400 g/mol. The van der Waals surface area contributed by atoms with Crippen molar-refractivity contribution in [2.24, 2.45) is 0 Å². The van der Waals surface area contributed by atoms with Gasteiger partial charge in [0.05, 0.1) is 5.69 Å². The predicted octanol–water partition coefficient (Wildman–Crippen LogP) is 4.34. The summed E-state index contributed by atoms with van der Waals surface area (Å²) in [4.78, 5) is 24.4. The van der Waals surface area contributed by atoms with E-state index in [4.69, 9.17) is 20.9 Å². The van der Waals surface area contributed by atoms with Crippen LogP contribution < -0.4 is 0 Å². The molecule has 0 radical (unpaired) electrons. The van der Waals surface area contributed by atoms with E-state index in [0.717, 1.165) is 24.4 Å². The highest BCUT2D eigenvalue weighted by Gasteiger charge is 2.19. The Balaban J connectivity index is 1.64. The molecule has 0 aliphatic heterocycles. The van der Waals surface area contributed by atoms with Gasteiger partial charge < -0.3 is 13.8 Å². The van der Waals surface area contributed by atoms with Crippen LogP contribution in [0.1, 0.15) is 43.6 Å². The van der Waals surface area contributed by atoms with E-state index < -0.39 is 5.97 Å². The number of halogens is 1. The second-order valence-electron chi connectivity index (χ2n) is 6.64. The molecule has 0 unspecified atom stereocenters. The summed E-state index contributed by atoms with van der Waals surface area (Å²) < 4.78 is 12.0. The van der Waals surface area contributed by atoms with Crippen molar-refractivity contribution in [1.82, 2.24) is 9.72 Å². The Morgan fingerprint density at radius 1 is 1.14 bits per heavy atom. The lowest BCUT2D eigenvalue weighted by Gasteiger charge is -2.10. The Labute approximate surface area is 168 Å². The van der Waals surface area contributed by atoms with Gasteiger partial charge in [0, 0.05) is 34.6 Å². The molecule has 6 nitrogen and oxygen atoms in total. The lowest BCUT2D eigenvalue weighted by molar-refractivity contribution is 0.0435. The molecule has 2 heterocycles. The lowest BCUT2D eigenvalue weighted by Crippen LogP contribution is -2.15. The third-order valence-electron chi connectivity index (χ3n) is 4.57. The molecule has 2 aromatic heterocycles. The molecule has 7 heteroatoms. The van der Waals surface area contributed by atoms with Gasteiger partial charge in [0.2, 0.25) is 11.5 Å². The summed E-state index contributed by atoms with van der Waals surface area (Å²) in [6, 6.07) is 11.0. The smallest absolute Gasteiger partial charge is 0.377 e. The zero-order valence-corrected chi connectivity index (χ0v) is 16.7. The van der Waals surface area contributed by atoms with E-state index in [1.807, 2.05) is 44.2 Å². The van der Waals surface area contributed by atoms with Gasteiger partial charge in [-0.1, -0.05) is 28.9 Å². The van der Waals surface area contributed by atoms with Crippen LogP contribution in [0.25, 0.3) is 0 Å². The number of carbonyl (C=O) groups excluding carboxylic acids is 2. The number of ether oxygens (including phenoxy) is 1. The molecule has 0 saturated heterocycles. The average molecular weight is 401 g/mol. The number of hydrogen-bond acceptors (Lipinski definition) is 5. The van der Waals surface area contributed by atoms with Crippen LogP contribution in [0, 0.1) is 20.8 Å². The third-order valence-corrected chi connectivity index (χ3v) is 4.83. The molecule has 0 N–H and O–H groups in total. The summed E-state index contributed by atoms with van der Waals surface area (Å²) in [6.07, 6.45) is 0.820. The molecular formula is C21H21ClN2O4. The Hall–Kier alpha value is -2.86. The summed E-state index contributed by atoms with van der Waals surface area (Å²) in [5.41, 5.74) is 4.12. The van der Waals surface area contributed by atoms with E-state index in [0.29, 0.717) is 16.3 Å². The maximum absolute atomic E-state index is 12.5. The summed E-state index contributed by atoms with van der Waals surface area (Å²) >= 11 is 5.92. The highest BCUT2D eigenvalue weighted by atomic mass is 35.5. The van der Waals surface area contributed by atoms with Crippen LogP contribution >= 0.6 is 11.6 Å². The van der Waals surface area contributed by atoms with Crippen molar-refractivity contribution < 1.29 is 18.8 Å². The number of ketones is 1. The molecule has 28 heavy (non-hydrogen) atoms. The number of aromatic nitrogens is 2. The quantitative estimate of drug-likeness (QED) is 0.435. The maximum Gasteiger partial charge on any atom is 0.377 e. The number of rotatable bonds is 7. The number of benzene rings is 1. The van der Waals surface area contributed by atoms with E-state index >= 15 is 0 Å². The molecular weight excluding hydrogens is 380 g/mol. The number of hydrogen-bond donors (Lipinski definition) is 0. The zero-order chi connectivity index (χ0) is 20.3. The number of aryl methyl sites for hydroxylation is 3. The molecule has 1 aromatic carbocycles. The fourth-order valence-corrected chi connectivity index (χ4v) is 3.19. The largest absolute Gasteiger partial charge is 0.451 e. The highest BCUT2D eigenvalue weighted by Crippen LogP contribution is 2.18. The molecule has 3 rings (SSSR count). The molecule has 0 saturated carbocycles. The van der Waals surface area contributed by atoms with Crippen molar-refractivity contribution in [3.05, 3.63) is 75.4 Å². The molecule has 0 bridgehead atoms. The van der Waals surface area contributed by atoms with Gasteiger partial charge >= 0.3 is 5.97 Å². The minimum atomic E-state index is -0.703. The van der Waals surface area contributed by atoms with E-state index in [1.165, 1.54) is 11.6 Å². The van der Waals surface area contributed by atoms with Gasteiger partial charge in [-0.05, 0) is 51.0 Å². The van der Waals surface area contributed by atoms with E-state index in [1.54, 1.807) is 6.92 Å². The number of Topliss-reactive ketones (excluding diaryl/α,β-unsaturated/α-hetero) is 1. The van der Waals surface area contributed by atoms with Crippen molar-refractivity contribution in [2.75, 3.05) is 6.61 Å².